The summed E-state index contributed by atoms with van der Waals surface area (Å²) in [5, 5.41) is 3.27. The van der Waals surface area contributed by atoms with Gasteiger partial charge in [-0.2, -0.15) is 0 Å². The summed E-state index contributed by atoms with van der Waals surface area (Å²) in [5.74, 6) is 1.80. The van der Waals surface area contributed by atoms with E-state index < -0.39 is 0 Å². The van der Waals surface area contributed by atoms with Gasteiger partial charge in [0.05, 0.1) is 11.9 Å². The van der Waals surface area contributed by atoms with Crippen molar-refractivity contribution < 1.29 is 0 Å². The fourth-order valence-corrected chi connectivity index (χ4v) is 2.03. The first-order chi connectivity index (χ1) is 7.79. The van der Waals surface area contributed by atoms with E-state index >= 15 is 0 Å². The predicted molar refractivity (Wildman–Crippen MR) is 65.4 cm³/mol. The molecule has 0 aliphatic carbocycles. The van der Waals surface area contributed by atoms with Crippen LogP contribution in [0.1, 0.15) is 26.0 Å². The number of hydrogen-bond donors (Lipinski definition) is 1. The zero-order valence-electron chi connectivity index (χ0n) is 10.1. The van der Waals surface area contributed by atoms with Crippen LogP contribution in [-0.4, -0.2) is 29.6 Å². The van der Waals surface area contributed by atoms with Crippen molar-refractivity contribution in [2.24, 2.45) is 5.92 Å². The molecule has 0 aromatic carbocycles. The van der Waals surface area contributed by atoms with Crippen LogP contribution in [0.15, 0.2) is 12.4 Å². The number of aromatic nitrogens is 2. The highest BCUT2D eigenvalue weighted by molar-refractivity contribution is 5.37. The van der Waals surface area contributed by atoms with Crippen molar-refractivity contribution in [1.29, 1.82) is 0 Å². The summed E-state index contributed by atoms with van der Waals surface area (Å²) in [6, 6.07) is 0. The highest BCUT2D eigenvalue weighted by atomic mass is 15.2. The van der Waals surface area contributed by atoms with Crippen LogP contribution in [0.2, 0.25) is 0 Å². The van der Waals surface area contributed by atoms with Gasteiger partial charge in [-0.1, -0.05) is 13.8 Å². The van der Waals surface area contributed by atoms with E-state index in [9.17, 15) is 0 Å². The van der Waals surface area contributed by atoms with E-state index in [-0.39, 0.29) is 0 Å². The molecule has 0 bridgehead atoms. The van der Waals surface area contributed by atoms with Crippen molar-refractivity contribution in [1.82, 2.24) is 15.3 Å². The van der Waals surface area contributed by atoms with E-state index in [2.05, 4.69) is 34.0 Å². The summed E-state index contributed by atoms with van der Waals surface area (Å²) in [7, 11) is 0. The van der Waals surface area contributed by atoms with Crippen LogP contribution >= 0.6 is 0 Å². The lowest BCUT2D eigenvalue weighted by Gasteiger charge is -2.17. The van der Waals surface area contributed by atoms with E-state index in [1.807, 2.05) is 12.4 Å². The molecule has 1 atom stereocenters. The molecular formula is C12H20N4. The molecule has 0 amide bonds. The molecule has 1 saturated heterocycles. The maximum atomic E-state index is 4.63. The minimum Gasteiger partial charge on any atom is -0.355 e. The standard InChI is InChI=1S/C12H20N4/c1-3-13-6-11-7-14-8-12(15-11)16-5-4-10(2)9-16/h7-8,10,13H,3-6,9H2,1-2H3. The molecule has 0 radical (unpaired) electrons. The molecular weight excluding hydrogens is 200 g/mol. The van der Waals surface area contributed by atoms with Gasteiger partial charge in [-0.3, -0.25) is 4.98 Å². The summed E-state index contributed by atoms with van der Waals surface area (Å²) in [4.78, 5) is 11.2. The first-order valence-electron chi connectivity index (χ1n) is 6.06. The molecule has 0 spiro atoms. The van der Waals surface area contributed by atoms with Crippen molar-refractivity contribution >= 4 is 5.82 Å². The quantitative estimate of drug-likeness (QED) is 0.833. The Kier molecular flexibility index (Phi) is 3.72. The predicted octanol–water partition coefficient (Wildman–Crippen LogP) is 1.43. The van der Waals surface area contributed by atoms with E-state index in [0.29, 0.717) is 0 Å². The Morgan fingerprint density at radius 1 is 1.50 bits per heavy atom. The van der Waals surface area contributed by atoms with Gasteiger partial charge in [0.1, 0.15) is 5.82 Å². The van der Waals surface area contributed by atoms with Gasteiger partial charge in [0.2, 0.25) is 0 Å². The topological polar surface area (TPSA) is 41.1 Å². The average molecular weight is 220 g/mol. The van der Waals surface area contributed by atoms with Gasteiger partial charge < -0.3 is 10.2 Å². The second-order valence-corrected chi connectivity index (χ2v) is 4.49. The fourth-order valence-electron chi connectivity index (χ4n) is 2.03. The van der Waals surface area contributed by atoms with Crippen molar-refractivity contribution in [3.8, 4) is 0 Å². The zero-order valence-corrected chi connectivity index (χ0v) is 10.1. The van der Waals surface area contributed by atoms with Crippen molar-refractivity contribution in [3.63, 3.8) is 0 Å². The third-order valence-electron chi connectivity index (χ3n) is 2.98. The highest BCUT2D eigenvalue weighted by Gasteiger charge is 2.20. The maximum Gasteiger partial charge on any atom is 0.147 e. The van der Waals surface area contributed by atoms with Crippen LogP contribution in [0.25, 0.3) is 0 Å². The van der Waals surface area contributed by atoms with E-state index in [0.717, 1.165) is 43.6 Å². The Bertz CT molecular complexity index is 340. The largest absolute Gasteiger partial charge is 0.355 e. The molecule has 1 aliphatic rings. The van der Waals surface area contributed by atoms with Crippen LogP contribution in [0.5, 0.6) is 0 Å². The second kappa shape index (κ2) is 5.25. The van der Waals surface area contributed by atoms with E-state index in [1.165, 1.54) is 6.42 Å². The fraction of sp³-hybridized carbons (Fsp3) is 0.667. The van der Waals surface area contributed by atoms with Crippen LogP contribution in [-0.2, 0) is 6.54 Å². The summed E-state index contributed by atoms with van der Waals surface area (Å²) < 4.78 is 0. The van der Waals surface area contributed by atoms with Crippen molar-refractivity contribution in [2.45, 2.75) is 26.8 Å². The lowest BCUT2D eigenvalue weighted by Crippen LogP contribution is -2.22. The minimum absolute atomic E-state index is 0.777. The number of anilines is 1. The Hall–Kier alpha value is -1.16. The lowest BCUT2D eigenvalue weighted by molar-refractivity contribution is 0.658. The first kappa shape index (κ1) is 11.3. The lowest BCUT2D eigenvalue weighted by atomic mass is 10.2. The minimum atomic E-state index is 0.777. The molecule has 2 rings (SSSR count). The van der Waals surface area contributed by atoms with Gasteiger partial charge >= 0.3 is 0 Å². The third kappa shape index (κ3) is 2.70. The third-order valence-corrected chi connectivity index (χ3v) is 2.98. The van der Waals surface area contributed by atoms with Crippen LogP contribution in [0.4, 0.5) is 5.82 Å². The Morgan fingerprint density at radius 3 is 3.06 bits per heavy atom. The Labute approximate surface area is 97.1 Å². The molecule has 1 unspecified atom stereocenters. The molecule has 4 nitrogen and oxygen atoms in total. The molecule has 1 N–H and O–H groups in total. The van der Waals surface area contributed by atoms with Gasteiger partial charge in [0.25, 0.3) is 0 Å². The molecule has 16 heavy (non-hydrogen) atoms. The molecule has 1 aromatic heterocycles. The van der Waals surface area contributed by atoms with Crippen LogP contribution in [0.3, 0.4) is 0 Å². The van der Waals surface area contributed by atoms with Crippen molar-refractivity contribution in [3.05, 3.63) is 18.1 Å². The number of nitrogens with one attached hydrogen (secondary N) is 1. The van der Waals surface area contributed by atoms with E-state index in [1.54, 1.807) is 0 Å². The molecule has 4 heteroatoms. The maximum absolute atomic E-state index is 4.63. The first-order valence-corrected chi connectivity index (χ1v) is 6.06. The van der Waals surface area contributed by atoms with Gasteiger partial charge in [-0.15, -0.1) is 0 Å². The number of hydrogen-bond acceptors (Lipinski definition) is 4. The SMILES string of the molecule is CCNCc1cncc(N2CCC(C)C2)n1. The second-order valence-electron chi connectivity index (χ2n) is 4.49. The molecule has 1 fully saturated rings. The van der Waals surface area contributed by atoms with E-state index in [4.69, 9.17) is 0 Å². The van der Waals surface area contributed by atoms with Gasteiger partial charge in [0.15, 0.2) is 0 Å². The molecule has 2 heterocycles. The zero-order chi connectivity index (χ0) is 11.4. The number of nitrogens with zero attached hydrogens (tertiary/aromatic N) is 3. The van der Waals surface area contributed by atoms with Gasteiger partial charge in [-0.25, -0.2) is 4.98 Å². The highest BCUT2D eigenvalue weighted by Crippen LogP contribution is 2.20. The summed E-state index contributed by atoms with van der Waals surface area (Å²) >= 11 is 0. The summed E-state index contributed by atoms with van der Waals surface area (Å²) in [6.07, 6.45) is 4.97. The average Bonchev–Trinajstić information content (AvgIpc) is 2.74. The Balaban J connectivity index is 2.04. The smallest absolute Gasteiger partial charge is 0.147 e. The monoisotopic (exact) mass is 220 g/mol. The summed E-state index contributed by atoms with van der Waals surface area (Å²) in [5.41, 5.74) is 1.03. The molecule has 1 aromatic rings. The Morgan fingerprint density at radius 2 is 2.38 bits per heavy atom. The van der Waals surface area contributed by atoms with Gasteiger partial charge in [-0.05, 0) is 18.9 Å². The molecule has 0 saturated carbocycles. The molecule has 1 aliphatic heterocycles. The molecule has 88 valence electrons. The van der Waals surface area contributed by atoms with Crippen LogP contribution < -0.4 is 10.2 Å². The van der Waals surface area contributed by atoms with Gasteiger partial charge in [0, 0.05) is 25.8 Å². The number of rotatable bonds is 4. The summed E-state index contributed by atoms with van der Waals surface area (Å²) in [6.45, 7) is 8.38. The normalized spacial score (nSPS) is 20.4. The van der Waals surface area contributed by atoms with Crippen molar-refractivity contribution in [2.75, 3.05) is 24.5 Å². The van der Waals surface area contributed by atoms with Crippen LogP contribution in [0, 0.1) is 5.92 Å².